The van der Waals surface area contributed by atoms with Crippen LogP contribution in [0.2, 0.25) is 0 Å². The smallest absolute Gasteiger partial charge is 0.137 e. The van der Waals surface area contributed by atoms with Gasteiger partial charge in [0.25, 0.3) is 0 Å². The molecule has 1 atom stereocenters. The largest absolute Gasteiger partial charge is 0.324 e. The highest BCUT2D eigenvalue weighted by Crippen LogP contribution is 2.34. The molecule has 0 unspecified atom stereocenters. The summed E-state index contributed by atoms with van der Waals surface area (Å²) in [6.45, 7) is 1.89. The molecule has 19 heavy (non-hydrogen) atoms. The Kier molecular flexibility index (Phi) is 4.60. The van der Waals surface area contributed by atoms with Crippen molar-refractivity contribution in [2.75, 3.05) is 0 Å². The zero-order valence-electron chi connectivity index (χ0n) is 10.2. The molecule has 0 aliphatic rings. The van der Waals surface area contributed by atoms with Crippen LogP contribution < -0.4 is 5.73 Å². The van der Waals surface area contributed by atoms with Crippen LogP contribution in [0.15, 0.2) is 50.7 Å². The standard InChI is InChI=1S/C14H12BrF2NS/c1-8(18)11-4-3-10(7-12(11)15)19-14-6-9(16)2-5-13(14)17/h2-8H,18H2,1H3/t8-/m1/s1. The molecule has 0 aliphatic carbocycles. The van der Waals surface area contributed by atoms with Gasteiger partial charge in [0, 0.05) is 15.4 Å². The van der Waals surface area contributed by atoms with Crippen LogP contribution in [0.25, 0.3) is 0 Å². The Morgan fingerprint density at radius 3 is 2.53 bits per heavy atom. The molecule has 2 rings (SSSR count). The van der Waals surface area contributed by atoms with Crippen LogP contribution in [-0.2, 0) is 0 Å². The van der Waals surface area contributed by atoms with E-state index >= 15 is 0 Å². The molecule has 0 aliphatic heterocycles. The first-order valence-electron chi connectivity index (χ1n) is 5.65. The van der Waals surface area contributed by atoms with Gasteiger partial charge in [-0.15, -0.1) is 0 Å². The van der Waals surface area contributed by atoms with Gasteiger partial charge in [0.2, 0.25) is 0 Å². The van der Waals surface area contributed by atoms with Crippen LogP contribution in [-0.4, -0.2) is 0 Å². The molecule has 0 saturated heterocycles. The first kappa shape index (κ1) is 14.5. The fraction of sp³-hybridized carbons (Fsp3) is 0.143. The monoisotopic (exact) mass is 343 g/mol. The van der Waals surface area contributed by atoms with Crippen molar-refractivity contribution in [3.8, 4) is 0 Å². The van der Waals surface area contributed by atoms with Gasteiger partial charge in [-0.2, -0.15) is 0 Å². The molecule has 0 aromatic heterocycles. The summed E-state index contributed by atoms with van der Waals surface area (Å²) in [4.78, 5) is 1.08. The van der Waals surface area contributed by atoms with Gasteiger partial charge >= 0.3 is 0 Å². The summed E-state index contributed by atoms with van der Waals surface area (Å²) in [6.07, 6.45) is 0. The number of hydrogen-bond acceptors (Lipinski definition) is 2. The van der Waals surface area contributed by atoms with Crippen LogP contribution >= 0.6 is 27.7 Å². The molecule has 0 radical (unpaired) electrons. The molecule has 5 heteroatoms. The highest BCUT2D eigenvalue weighted by atomic mass is 79.9. The number of nitrogens with two attached hydrogens (primary N) is 1. The molecule has 2 aromatic rings. The Balaban J connectivity index is 2.29. The van der Waals surface area contributed by atoms with Crippen molar-refractivity contribution in [3.63, 3.8) is 0 Å². The maximum atomic E-state index is 13.5. The molecule has 0 bridgehead atoms. The van der Waals surface area contributed by atoms with Crippen LogP contribution in [0.5, 0.6) is 0 Å². The van der Waals surface area contributed by atoms with Gasteiger partial charge < -0.3 is 5.73 Å². The third-order valence-corrected chi connectivity index (χ3v) is 4.29. The van der Waals surface area contributed by atoms with E-state index in [1.54, 1.807) is 0 Å². The molecule has 100 valence electrons. The topological polar surface area (TPSA) is 26.0 Å². The van der Waals surface area contributed by atoms with Crippen molar-refractivity contribution in [3.05, 3.63) is 58.1 Å². The average Bonchev–Trinajstić information content (AvgIpc) is 2.33. The quantitative estimate of drug-likeness (QED) is 0.857. The molecule has 2 N–H and O–H groups in total. The Labute approximate surface area is 123 Å². The van der Waals surface area contributed by atoms with Crippen LogP contribution in [0.4, 0.5) is 8.78 Å². The minimum absolute atomic E-state index is 0.0840. The Morgan fingerprint density at radius 1 is 1.16 bits per heavy atom. The summed E-state index contributed by atoms with van der Waals surface area (Å²) < 4.78 is 27.5. The van der Waals surface area contributed by atoms with Gasteiger partial charge in [-0.3, -0.25) is 0 Å². The van der Waals surface area contributed by atoms with E-state index in [1.807, 2.05) is 25.1 Å². The normalized spacial score (nSPS) is 12.5. The molecule has 0 amide bonds. The fourth-order valence-corrected chi connectivity index (χ4v) is 3.42. The van der Waals surface area contributed by atoms with Crippen LogP contribution in [0, 0.1) is 11.6 Å². The van der Waals surface area contributed by atoms with E-state index < -0.39 is 11.6 Å². The van der Waals surface area contributed by atoms with Gasteiger partial charge in [0.1, 0.15) is 11.6 Å². The van der Waals surface area contributed by atoms with E-state index in [0.29, 0.717) is 0 Å². The number of rotatable bonds is 3. The van der Waals surface area contributed by atoms with E-state index in [1.165, 1.54) is 17.8 Å². The third-order valence-electron chi connectivity index (χ3n) is 2.58. The van der Waals surface area contributed by atoms with E-state index in [2.05, 4.69) is 15.9 Å². The predicted molar refractivity (Wildman–Crippen MR) is 77.2 cm³/mol. The van der Waals surface area contributed by atoms with Gasteiger partial charge in [-0.1, -0.05) is 33.8 Å². The average molecular weight is 344 g/mol. The second-order valence-electron chi connectivity index (χ2n) is 4.15. The van der Waals surface area contributed by atoms with Gasteiger partial charge in [0.05, 0.1) is 4.90 Å². The van der Waals surface area contributed by atoms with Crippen molar-refractivity contribution in [1.29, 1.82) is 0 Å². The zero-order chi connectivity index (χ0) is 14.0. The van der Waals surface area contributed by atoms with Gasteiger partial charge in [-0.25, -0.2) is 8.78 Å². The lowest BCUT2D eigenvalue weighted by Gasteiger charge is -2.10. The number of benzene rings is 2. The first-order chi connectivity index (χ1) is 8.97. The van der Waals surface area contributed by atoms with E-state index in [-0.39, 0.29) is 10.9 Å². The van der Waals surface area contributed by atoms with E-state index in [0.717, 1.165) is 27.1 Å². The third kappa shape index (κ3) is 3.55. The summed E-state index contributed by atoms with van der Waals surface area (Å²) in [5, 5.41) is 0. The number of halogens is 3. The highest BCUT2D eigenvalue weighted by Gasteiger charge is 2.09. The second kappa shape index (κ2) is 6.03. The lowest BCUT2D eigenvalue weighted by atomic mass is 10.1. The molecule has 0 saturated carbocycles. The molecule has 1 nitrogen and oxygen atoms in total. The maximum absolute atomic E-state index is 13.5. The van der Waals surface area contributed by atoms with Crippen molar-refractivity contribution >= 4 is 27.7 Å². The lowest BCUT2D eigenvalue weighted by molar-refractivity contribution is 0.577. The molecule has 0 fully saturated rings. The Morgan fingerprint density at radius 2 is 1.89 bits per heavy atom. The molecule has 0 heterocycles. The summed E-state index contributed by atoms with van der Waals surface area (Å²) >= 11 is 4.61. The van der Waals surface area contributed by atoms with Gasteiger partial charge in [-0.05, 0) is 42.8 Å². The maximum Gasteiger partial charge on any atom is 0.137 e. The second-order valence-corrected chi connectivity index (χ2v) is 6.12. The predicted octanol–water partition coefficient (Wildman–Crippen LogP) is 4.90. The van der Waals surface area contributed by atoms with Crippen molar-refractivity contribution < 1.29 is 8.78 Å². The summed E-state index contributed by atoms with van der Waals surface area (Å²) in [5.41, 5.74) is 6.79. The Bertz CT molecular complexity index is 602. The summed E-state index contributed by atoms with van der Waals surface area (Å²) in [5.74, 6) is -0.881. The molecule has 0 spiro atoms. The van der Waals surface area contributed by atoms with E-state index in [4.69, 9.17) is 5.73 Å². The SMILES string of the molecule is C[C@@H](N)c1ccc(Sc2cc(F)ccc2F)cc1Br. The lowest BCUT2D eigenvalue weighted by Crippen LogP contribution is -2.05. The Hall–Kier alpha value is -0.910. The van der Waals surface area contributed by atoms with Crippen LogP contribution in [0.1, 0.15) is 18.5 Å². The molecular formula is C14H12BrF2NS. The van der Waals surface area contributed by atoms with Crippen molar-refractivity contribution in [1.82, 2.24) is 0 Å². The van der Waals surface area contributed by atoms with E-state index in [9.17, 15) is 8.78 Å². The summed E-state index contributed by atoms with van der Waals surface area (Å²) in [7, 11) is 0. The highest BCUT2D eigenvalue weighted by molar-refractivity contribution is 9.10. The minimum Gasteiger partial charge on any atom is -0.324 e. The number of hydrogen-bond donors (Lipinski definition) is 1. The van der Waals surface area contributed by atoms with Crippen molar-refractivity contribution in [2.45, 2.75) is 22.8 Å². The molecular weight excluding hydrogens is 332 g/mol. The van der Waals surface area contributed by atoms with Gasteiger partial charge in [0.15, 0.2) is 0 Å². The summed E-state index contributed by atoms with van der Waals surface area (Å²) in [6, 6.07) is 8.92. The zero-order valence-corrected chi connectivity index (χ0v) is 12.6. The molecule has 2 aromatic carbocycles. The van der Waals surface area contributed by atoms with Crippen molar-refractivity contribution in [2.24, 2.45) is 5.73 Å². The van der Waals surface area contributed by atoms with Crippen LogP contribution in [0.3, 0.4) is 0 Å². The first-order valence-corrected chi connectivity index (χ1v) is 7.26. The fourth-order valence-electron chi connectivity index (χ4n) is 1.62. The minimum atomic E-state index is -0.449.